The largest absolute Gasteiger partial charge is 0.497 e. The first-order chi connectivity index (χ1) is 9.12. The van der Waals surface area contributed by atoms with E-state index in [-0.39, 0.29) is 18.2 Å². The maximum absolute atomic E-state index is 5.94. The second kappa shape index (κ2) is 8.15. The van der Waals surface area contributed by atoms with Gasteiger partial charge < -0.3 is 19.5 Å². The molecule has 1 aromatic carbocycles. The maximum atomic E-state index is 5.94. The van der Waals surface area contributed by atoms with Crippen LogP contribution in [0.2, 0.25) is 0 Å². The first-order valence-electron chi connectivity index (χ1n) is 6.58. The van der Waals surface area contributed by atoms with E-state index >= 15 is 0 Å². The molecule has 0 fully saturated rings. The third-order valence-corrected chi connectivity index (χ3v) is 3.10. The van der Waals surface area contributed by atoms with Crippen molar-refractivity contribution in [2.24, 2.45) is 0 Å². The van der Waals surface area contributed by atoms with Gasteiger partial charge in [-0.2, -0.15) is 0 Å². The standard InChI is InChI=1S/C15H25NO3/c1-11(10-17-4)19-12(2)15(16-3)13-6-8-14(18-5)9-7-13/h6-9,11-12,15-16H,10H2,1-5H3. The summed E-state index contributed by atoms with van der Waals surface area (Å²) in [6.45, 7) is 4.68. The van der Waals surface area contributed by atoms with Gasteiger partial charge in [0.2, 0.25) is 0 Å². The highest BCUT2D eigenvalue weighted by molar-refractivity contribution is 5.29. The van der Waals surface area contributed by atoms with Crippen molar-refractivity contribution in [2.45, 2.75) is 32.1 Å². The van der Waals surface area contributed by atoms with E-state index in [9.17, 15) is 0 Å². The summed E-state index contributed by atoms with van der Waals surface area (Å²) < 4.78 is 16.2. The molecule has 0 aliphatic heterocycles. The molecular weight excluding hydrogens is 242 g/mol. The third-order valence-electron chi connectivity index (χ3n) is 3.10. The van der Waals surface area contributed by atoms with E-state index in [1.807, 2.05) is 26.1 Å². The van der Waals surface area contributed by atoms with Crippen LogP contribution in [0.4, 0.5) is 0 Å². The van der Waals surface area contributed by atoms with Crippen molar-refractivity contribution in [1.82, 2.24) is 5.32 Å². The Morgan fingerprint density at radius 1 is 1.11 bits per heavy atom. The lowest BCUT2D eigenvalue weighted by atomic mass is 10.0. The molecule has 19 heavy (non-hydrogen) atoms. The predicted molar refractivity (Wildman–Crippen MR) is 76.7 cm³/mol. The van der Waals surface area contributed by atoms with E-state index in [0.717, 1.165) is 5.75 Å². The zero-order valence-corrected chi connectivity index (χ0v) is 12.5. The van der Waals surface area contributed by atoms with Gasteiger partial charge in [-0.3, -0.25) is 0 Å². The summed E-state index contributed by atoms with van der Waals surface area (Å²) in [5.41, 5.74) is 1.18. The lowest BCUT2D eigenvalue weighted by Gasteiger charge is -2.27. The monoisotopic (exact) mass is 267 g/mol. The van der Waals surface area contributed by atoms with Crippen LogP contribution in [-0.2, 0) is 9.47 Å². The third kappa shape index (κ3) is 4.82. The number of rotatable bonds is 8. The van der Waals surface area contributed by atoms with Crippen molar-refractivity contribution < 1.29 is 14.2 Å². The number of nitrogens with one attached hydrogen (secondary N) is 1. The molecule has 3 atom stereocenters. The number of likely N-dealkylation sites (N-methyl/N-ethyl adjacent to an activating group) is 1. The molecule has 0 aliphatic rings. The summed E-state index contributed by atoms with van der Waals surface area (Å²) >= 11 is 0. The van der Waals surface area contributed by atoms with Crippen LogP contribution in [-0.4, -0.2) is 40.1 Å². The Morgan fingerprint density at radius 3 is 2.21 bits per heavy atom. The minimum atomic E-state index is 0.0588. The van der Waals surface area contributed by atoms with Gasteiger partial charge in [-0.1, -0.05) is 12.1 Å². The van der Waals surface area contributed by atoms with E-state index in [1.54, 1.807) is 14.2 Å². The normalized spacial score (nSPS) is 15.8. The van der Waals surface area contributed by atoms with Gasteiger partial charge in [0.1, 0.15) is 5.75 Å². The molecule has 1 N–H and O–H groups in total. The van der Waals surface area contributed by atoms with Crippen molar-refractivity contribution in [3.8, 4) is 5.75 Å². The second-order valence-electron chi connectivity index (χ2n) is 4.65. The van der Waals surface area contributed by atoms with Crippen LogP contribution in [0.15, 0.2) is 24.3 Å². The van der Waals surface area contributed by atoms with Crippen LogP contribution < -0.4 is 10.1 Å². The van der Waals surface area contributed by atoms with Crippen molar-refractivity contribution >= 4 is 0 Å². The molecule has 0 radical (unpaired) electrons. The summed E-state index contributed by atoms with van der Waals surface area (Å²) in [6.07, 6.45) is 0.137. The van der Waals surface area contributed by atoms with Crippen LogP contribution >= 0.6 is 0 Å². The molecule has 0 aliphatic carbocycles. The SMILES string of the molecule is CNC(c1ccc(OC)cc1)C(C)OC(C)COC. The molecule has 0 bridgehead atoms. The molecule has 0 aromatic heterocycles. The van der Waals surface area contributed by atoms with Crippen molar-refractivity contribution in [3.05, 3.63) is 29.8 Å². The lowest BCUT2D eigenvalue weighted by Crippen LogP contribution is -2.33. The number of hydrogen-bond acceptors (Lipinski definition) is 4. The topological polar surface area (TPSA) is 39.7 Å². The average Bonchev–Trinajstić information content (AvgIpc) is 2.40. The van der Waals surface area contributed by atoms with E-state index in [1.165, 1.54) is 5.56 Å². The highest BCUT2D eigenvalue weighted by atomic mass is 16.5. The minimum Gasteiger partial charge on any atom is -0.497 e. The van der Waals surface area contributed by atoms with E-state index < -0.39 is 0 Å². The van der Waals surface area contributed by atoms with E-state index in [2.05, 4.69) is 24.4 Å². The Kier molecular flexibility index (Phi) is 6.84. The second-order valence-corrected chi connectivity index (χ2v) is 4.65. The van der Waals surface area contributed by atoms with Gasteiger partial charge in [0.15, 0.2) is 0 Å². The number of hydrogen-bond donors (Lipinski definition) is 1. The fourth-order valence-corrected chi connectivity index (χ4v) is 2.20. The van der Waals surface area contributed by atoms with Crippen molar-refractivity contribution in [2.75, 3.05) is 27.9 Å². The minimum absolute atomic E-state index is 0.0588. The summed E-state index contributed by atoms with van der Waals surface area (Å²) in [4.78, 5) is 0. The van der Waals surface area contributed by atoms with Crippen LogP contribution in [0, 0.1) is 0 Å². The van der Waals surface area contributed by atoms with Gasteiger partial charge in [0.25, 0.3) is 0 Å². The van der Waals surface area contributed by atoms with Gasteiger partial charge in [-0.25, -0.2) is 0 Å². The highest BCUT2D eigenvalue weighted by Gasteiger charge is 2.20. The Labute approximate surface area is 116 Å². The number of methoxy groups -OCH3 is 2. The first-order valence-corrected chi connectivity index (χ1v) is 6.58. The molecule has 0 amide bonds. The highest BCUT2D eigenvalue weighted by Crippen LogP contribution is 2.22. The van der Waals surface area contributed by atoms with Gasteiger partial charge in [-0.15, -0.1) is 0 Å². The fourth-order valence-electron chi connectivity index (χ4n) is 2.20. The summed E-state index contributed by atoms with van der Waals surface area (Å²) in [5.74, 6) is 0.861. The van der Waals surface area contributed by atoms with Crippen LogP contribution in [0.1, 0.15) is 25.5 Å². The van der Waals surface area contributed by atoms with Gasteiger partial charge >= 0.3 is 0 Å². The van der Waals surface area contributed by atoms with Gasteiger partial charge in [-0.05, 0) is 38.6 Å². The lowest BCUT2D eigenvalue weighted by molar-refractivity contribution is -0.0448. The van der Waals surface area contributed by atoms with Gasteiger partial charge in [0.05, 0.1) is 32.0 Å². The van der Waals surface area contributed by atoms with Crippen molar-refractivity contribution in [1.29, 1.82) is 0 Å². The van der Waals surface area contributed by atoms with Crippen LogP contribution in [0.5, 0.6) is 5.75 Å². The Hall–Kier alpha value is -1.10. The Morgan fingerprint density at radius 2 is 1.74 bits per heavy atom. The maximum Gasteiger partial charge on any atom is 0.118 e. The predicted octanol–water partition coefficient (Wildman–Crippen LogP) is 2.40. The van der Waals surface area contributed by atoms with Gasteiger partial charge in [0, 0.05) is 7.11 Å². The summed E-state index contributed by atoms with van der Waals surface area (Å²) in [7, 11) is 5.29. The first kappa shape index (κ1) is 16.0. The molecule has 108 valence electrons. The Bertz CT molecular complexity index is 353. The molecule has 0 saturated carbocycles. The molecule has 0 saturated heterocycles. The summed E-state index contributed by atoms with van der Waals surface area (Å²) in [5, 5.41) is 3.30. The number of benzene rings is 1. The van der Waals surface area contributed by atoms with Crippen LogP contribution in [0.25, 0.3) is 0 Å². The Balaban J connectivity index is 2.69. The zero-order valence-electron chi connectivity index (χ0n) is 12.5. The summed E-state index contributed by atoms with van der Waals surface area (Å²) in [6, 6.07) is 8.18. The van der Waals surface area contributed by atoms with Crippen LogP contribution in [0.3, 0.4) is 0 Å². The molecule has 0 heterocycles. The molecule has 3 unspecified atom stereocenters. The van der Waals surface area contributed by atoms with E-state index in [4.69, 9.17) is 14.2 Å². The van der Waals surface area contributed by atoms with E-state index in [0.29, 0.717) is 6.61 Å². The molecule has 1 rings (SSSR count). The molecular formula is C15H25NO3. The number of ether oxygens (including phenoxy) is 3. The van der Waals surface area contributed by atoms with Crippen molar-refractivity contribution in [3.63, 3.8) is 0 Å². The quantitative estimate of drug-likeness (QED) is 0.785. The molecule has 1 aromatic rings. The smallest absolute Gasteiger partial charge is 0.118 e. The molecule has 0 spiro atoms. The average molecular weight is 267 g/mol. The molecule has 4 heteroatoms. The molecule has 4 nitrogen and oxygen atoms in total. The zero-order chi connectivity index (χ0) is 14.3. The fraction of sp³-hybridized carbons (Fsp3) is 0.600.